The van der Waals surface area contributed by atoms with Crippen LogP contribution < -0.4 is 5.32 Å². The van der Waals surface area contributed by atoms with Crippen molar-refractivity contribution < 1.29 is 4.79 Å². The van der Waals surface area contributed by atoms with Gasteiger partial charge in [-0.3, -0.25) is 4.79 Å². The molecule has 1 N–H and O–H groups in total. The SMILES string of the molecule is O=C(NC1CCCCC1)c1cccc(-n2nnc3cccnc32)c1. The number of hydrogen-bond donors (Lipinski definition) is 1. The minimum atomic E-state index is -0.0267. The van der Waals surface area contributed by atoms with Crippen LogP contribution in [0, 0.1) is 0 Å². The number of benzene rings is 1. The minimum Gasteiger partial charge on any atom is -0.349 e. The number of pyridine rings is 1. The quantitative estimate of drug-likeness (QED) is 0.805. The molecule has 24 heavy (non-hydrogen) atoms. The van der Waals surface area contributed by atoms with E-state index in [9.17, 15) is 4.79 Å². The highest BCUT2D eigenvalue weighted by molar-refractivity contribution is 5.95. The largest absolute Gasteiger partial charge is 0.349 e. The van der Waals surface area contributed by atoms with Crippen LogP contribution >= 0.6 is 0 Å². The lowest BCUT2D eigenvalue weighted by atomic mass is 9.95. The van der Waals surface area contributed by atoms with Gasteiger partial charge in [0.15, 0.2) is 5.65 Å². The summed E-state index contributed by atoms with van der Waals surface area (Å²) in [5.41, 5.74) is 2.84. The van der Waals surface area contributed by atoms with Crippen LogP contribution in [0.1, 0.15) is 42.5 Å². The number of amides is 1. The fraction of sp³-hybridized carbons (Fsp3) is 0.333. The van der Waals surface area contributed by atoms with Crippen LogP contribution in [0.4, 0.5) is 0 Å². The molecule has 4 rings (SSSR count). The first-order chi connectivity index (χ1) is 11.8. The third-order valence-electron chi connectivity index (χ3n) is 4.50. The Labute approximate surface area is 139 Å². The van der Waals surface area contributed by atoms with Gasteiger partial charge >= 0.3 is 0 Å². The lowest BCUT2D eigenvalue weighted by Gasteiger charge is -2.22. The first kappa shape index (κ1) is 14.8. The van der Waals surface area contributed by atoms with Gasteiger partial charge in [0.1, 0.15) is 5.52 Å². The first-order valence-electron chi connectivity index (χ1n) is 8.39. The molecule has 1 aromatic carbocycles. The Hall–Kier alpha value is -2.76. The number of carbonyl (C=O) groups is 1. The van der Waals surface area contributed by atoms with Crippen molar-refractivity contribution in [3.8, 4) is 5.69 Å². The van der Waals surface area contributed by atoms with Gasteiger partial charge in [0.2, 0.25) is 0 Å². The maximum absolute atomic E-state index is 12.5. The molecule has 2 heterocycles. The van der Waals surface area contributed by atoms with Crippen molar-refractivity contribution in [1.29, 1.82) is 0 Å². The average Bonchev–Trinajstić information content (AvgIpc) is 3.07. The van der Waals surface area contributed by atoms with E-state index in [1.807, 2.05) is 36.4 Å². The molecule has 0 spiro atoms. The molecule has 1 fully saturated rings. The molecule has 0 unspecified atom stereocenters. The molecule has 0 atom stereocenters. The highest BCUT2D eigenvalue weighted by Gasteiger charge is 2.17. The molecular weight excluding hydrogens is 302 g/mol. The van der Waals surface area contributed by atoms with Crippen LogP contribution in [0.15, 0.2) is 42.6 Å². The maximum atomic E-state index is 12.5. The normalized spacial score (nSPS) is 15.5. The van der Waals surface area contributed by atoms with E-state index >= 15 is 0 Å². The molecule has 0 aliphatic heterocycles. The Morgan fingerprint density at radius 2 is 2.00 bits per heavy atom. The number of aromatic nitrogens is 4. The molecule has 0 bridgehead atoms. The molecule has 0 saturated heterocycles. The number of carbonyl (C=O) groups excluding carboxylic acids is 1. The van der Waals surface area contributed by atoms with Crippen LogP contribution in [-0.2, 0) is 0 Å². The molecule has 0 radical (unpaired) electrons. The maximum Gasteiger partial charge on any atom is 0.251 e. The molecule has 1 amide bonds. The fourth-order valence-electron chi connectivity index (χ4n) is 3.23. The molecule has 2 aromatic heterocycles. The second-order valence-electron chi connectivity index (χ2n) is 6.21. The van der Waals surface area contributed by atoms with Gasteiger partial charge in [-0.15, -0.1) is 5.10 Å². The van der Waals surface area contributed by atoms with Crippen molar-refractivity contribution in [2.45, 2.75) is 38.1 Å². The third-order valence-corrected chi connectivity index (χ3v) is 4.50. The number of nitrogens with zero attached hydrogens (tertiary/aromatic N) is 4. The molecule has 6 nitrogen and oxygen atoms in total. The monoisotopic (exact) mass is 321 g/mol. The van der Waals surface area contributed by atoms with Crippen molar-refractivity contribution in [3.63, 3.8) is 0 Å². The summed E-state index contributed by atoms with van der Waals surface area (Å²) in [5.74, 6) is -0.0267. The van der Waals surface area contributed by atoms with E-state index in [0.717, 1.165) is 24.0 Å². The van der Waals surface area contributed by atoms with E-state index in [1.54, 1.807) is 10.9 Å². The molecular formula is C18H19N5O. The van der Waals surface area contributed by atoms with Gasteiger partial charge in [-0.1, -0.05) is 30.5 Å². The highest BCUT2D eigenvalue weighted by Crippen LogP contribution is 2.19. The minimum absolute atomic E-state index is 0.0267. The summed E-state index contributed by atoms with van der Waals surface area (Å²) < 4.78 is 1.66. The van der Waals surface area contributed by atoms with E-state index in [2.05, 4.69) is 20.6 Å². The Morgan fingerprint density at radius 1 is 1.12 bits per heavy atom. The molecule has 1 saturated carbocycles. The van der Waals surface area contributed by atoms with Gasteiger partial charge in [0.25, 0.3) is 5.91 Å². The zero-order valence-corrected chi connectivity index (χ0v) is 13.4. The van der Waals surface area contributed by atoms with Gasteiger partial charge in [-0.2, -0.15) is 4.68 Å². The summed E-state index contributed by atoms with van der Waals surface area (Å²) in [6.45, 7) is 0. The van der Waals surface area contributed by atoms with Gasteiger partial charge in [-0.25, -0.2) is 4.98 Å². The smallest absolute Gasteiger partial charge is 0.251 e. The van der Waals surface area contributed by atoms with Crippen molar-refractivity contribution in [1.82, 2.24) is 25.3 Å². The predicted molar refractivity (Wildman–Crippen MR) is 91.0 cm³/mol. The Bertz CT molecular complexity index is 866. The summed E-state index contributed by atoms with van der Waals surface area (Å²) in [5, 5.41) is 11.4. The van der Waals surface area contributed by atoms with E-state index in [1.165, 1.54) is 19.3 Å². The number of hydrogen-bond acceptors (Lipinski definition) is 4. The standard InChI is InChI=1S/C18H19N5O/c24-18(20-14-7-2-1-3-8-14)13-6-4-9-15(12-13)23-17-16(21-22-23)10-5-11-19-17/h4-6,9-12,14H,1-3,7-8H2,(H,20,24). The molecule has 1 aliphatic carbocycles. The highest BCUT2D eigenvalue weighted by atomic mass is 16.1. The van der Waals surface area contributed by atoms with Gasteiger partial charge < -0.3 is 5.32 Å². The van der Waals surface area contributed by atoms with Crippen molar-refractivity contribution in [2.24, 2.45) is 0 Å². The molecule has 1 aliphatic rings. The third kappa shape index (κ3) is 2.87. The Kier molecular flexibility index (Phi) is 3.94. The van der Waals surface area contributed by atoms with Gasteiger partial charge in [0.05, 0.1) is 5.69 Å². The average molecular weight is 321 g/mol. The van der Waals surface area contributed by atoms with E-state index in [-0.39, 0.29) is 5.91 Å². The zero-order valence-electron chi connectivity index (χ0n) is 13.4. The lowest BCUT2D eigenvalue weighted by molar-refractivity contribution is 0.0927. The molecule has 3 aromatic rings. The number of nitrogens with one attached hydrogen (secondary N) is 1. The van der Waals surface area contributed by atoms with Crippen LogP contribution in [-0.4, -0.2) is 31.9 Å². The van der Waals surface area contributed by atoms with E-state index < -0.39 is 0 Å². The summed E-state index contributed by atoms with van der Waals surface area (Å²) in [6, 6.07) is 11.4. The van der Waals surface area contributed by atoms with Crippen molar-refractivity contribution in [3.05, 3.63) is 48.2 Å². The van der Waals surface area contributed by atoms with Crippen LogP contribution in [0.2, 0.25) is 0 Å². The lowest BCUT2D eigenvalue weighted by Crippen LogP contribution is -2.36. The van der Waals surface area contributed by atoms with Gasteiger partial charge in [0, 0.05) is 17.8 Å². The second kappa shape index (κ2) is 6.39. The van der Waals surface area contributed by atoms with Crippen LogP contribution in [0.25, 0.3) is 16.9 Å². The van der Waals surface area contributed by atoms with E-state index in [0.29, 0.717) is 17.3 Å². The predicted octanol–water partition coefficient (Wildman–Crippen LogP) is 2.88. The van der Waals surface area contributed by atoms with Crippen LogP contribution in [0.3, 0.4) is 0 Å². The second-order valence-corrected chi connectivity index (χ2v) is 6.21. The Balaban J connectivity index is 1.60. The summed E-state index contributed by atoms with van der Waals surface area (Å²) >= 11 is 0. The first-order valence-corrected chi connectivity index (χ1v) is 8.39. The number of rotatable bonds is 3. The van der Waals surface area contributed by atoms with E-state index in [4.69, 9.17) is 0 Å². The summed E-state index contributed by atoms with van der Waals surface area (Å²) in [7, 11) is 0. The Morgan fingerprint density at radius 3 is 2.88 bits per heavy atom. The van der Waals surface area contributed by atoms with Crippen LogP contribution in [0.5, 0.6) is 0 Å². The molecule has 6 heteroatoms. The topological polar surface area (TPSA) is 72.7 Å². The summed E-state index contributed by atoms with van der Waals surface area (Å²) in [6.07, 6.45) is 7.52. The van der Waals surface area contributed by atoms with Gasteiger partial charge in [-0.05, 0) is 43.2 Å². The summed E-state index contributed by atoms with van der Waals surface area (Å²) in [4.78, 5) is 16.8. The van der Waals surface area contributed by atoms with Crippen molar-refractivity contribution in [2.75, 3.05) is 0 Å². The van der Waals surface area contributed by atoms with Crippen molar-refractivity contribution >= 4 is 17.1 Å². The zero-order chi connectivity index (χ0) is 16.4. The fourth-order valence-corrected chi connectivity index (χ4v) is 3.23. The molecule has 122 valence electrons. The number of fused-ring (bicyclic) bond motifs is 1.